The smallest absolute Gasteiger partial charge is 0.212 e. The molecule has 0 atom stereocenters. The van der Waals surface area contributed by atoms with E-state index in [1.54, 1.807) is 0 Å². The van der Waals surface area contributed by atoms with E-state index >= 15 is 0 Å². The lowest BCUT2D eigenvalue weighted by molar-refractivity contribution is 0.572. The van der Waals surface area contributed by atoms with Crippen molar-refractivity contribution in [2.75, 3.05) is 0 Å². The van der Waals surface area contributed by atoms with Gasteiger partial charge in [-0.05, 0) is 6.07 Å². The molecule has 2 aromatic carbocycles. The summed E-state index contributed by atoms with van der Waals surface area (Å²) >= 11 is 0. The first-order valence-electron chi connectivity index (χ1n) is 5.37. The molecule has 0 aliphatic carbocycles. The van der Waals surface area contributed by atoms with E-state index in [2.05, 4.69) is 6.07 Å². The van der Waals surface area contributed by atoms with Gasteiger partial charge in [0.1, 0.15) is 11.8 Å². The molecule has 1 aromatic heterocycles. The predicted molar refractivity (Wildman–Crippen MR) is 66.4 cm³/mol. The molecule has 0 aliphatic rings. The van der Waals surface area contributed by atoms with E-state index in [1.807, 2.05) is 54.6 Å². The molecule has 2 nitrogen and oxygen atoms in total. The summed E-state index contributed by atoms with van der Waals surface area (Å²) in [5, 5.41) is 10.9. The zero-order valence-electron chi connectivity index (χ0n) is 9.05. The molecule has 0 radical (unpaired) electrons. The highest BCUT2D eigenvalue weighted by Gasteiger charge is 2.13. The molecule has 0 N–H and O–H groups in total. The maximum atomic E-state index is 9.05. The Hall–Kier alpha value is -2.53. The van der Waals surface area contributed by atoms with Crippen molar-refractivity contribution in [2.24, 2.45) is 0 Å². The lowest BCUT2D eigenvalue weighted by Gasteiger charge is -1.96. The molecule has 0 fully saturated rings. The summed E-state index contributed by atoms with van der Waals surface area (Å²) in [6, 6.07) is 19.7. The number of fused-ring (bicyclic) bond motifs is 1. The number of benzene rings is 2. The van der Waals surface area contributed by atoms with Crippen LogP contribution in [0.5, 0.6) is 0 Å². The van der Waals surface area contributed by atoms with Crippen LogP contribution in [-0.4, -0.2) is 0 Å². The normalized spacial score (nSPS) is 10.3. The van der Waals surface area contributed by atoms with Crippen LogP contribution in [0.15, 0.2) is 59.0 Å². The Labute approximate surface area is 98.7 Å². The van der Waals surface area contributed by atoms with Crippen LogP contribution in [0.25, 0.3) is 22.1 Å². The van der Waals surface area contributed by atoms with Crippen LogP contribution in [0.4, 0.5) is 0 Å². The molecule has 1 heterocycles. The third kappa shape index (κ3) is 1.49. The van der Waals surface area contributed by atoms with Crippen LogP contribution in [0, 0.1) is 11.3 Å². The monoisotopic (exact) mass is 219 g/mol. The van der Waals surface area contributed by atoms with Crippen molar-refractivity contribution >= 4 is 10.8 Å². The Morgan fingerprint density at radius 3 is 2.18 bits per heavy atom. The van der Waals surface area contributed by atoms with Crippen molar-refractivity contribution in [3.63, 3.8) is 0 Å². The van der Waals surface area contributed by atoms with Gasteiger partial charge < -0.3 is 4.42 Å². The van der Waals surface area contributed by atoms with E-state index in [4.69, 9.17) is 9.68 Å². The van der Waals surface area contributed by atoms with Crippen molar-refractivity contribution in [3.05, 3.63) is 60.4 Å². The standard InChI is InChI=1S/C15H9NO/c16-10-14-12-8-4-5-9-13(12)15(17-14)11-6-2-1-3-7-11/h1-9H. The highest BCUT2D eigenvalue weighted by molar-refractivity contribution is 5.97. The van der Waals surface area contributed by atoms with E-state index in [1.165, 1.54) is 0 Å². The summed E-state index contributed by atoms with van der Waals surface area (Å²) in [6.07, 6.45) is 0. The second-order valence-electron chi connectivity index (χ2n) is 3.78. The van der Waals surface area contributed by atoms with E-state index < -0.39 is 0 Å². The van der Waals surface area contributed by atoms with Crippen LogP contribution in [0.1, 0.15) is 5.76 Å². The number of nitrogens with zero attached hydrogens (tertiary/aromatic N) is 1. The summed E-state index contributed by atoms with van der Waals surface area (Å²) in [6.45, 7) is 0. The Kier molecular flexibility index (Phi) is 2.16. The van der Waals surface area contributed by atoms with Gasteiger partial charge in [-0.3, -0.25) is 0 Å². The summed E-state index contributed by atoms with van der Waals surface area (Å²) in [4.78, 5) is 0. The highest BCUT2D eigenvalue weighted by atomic mass is 16.3. The van der Waals surface area contributed by atoms with Gasteiger partial charge in [-0.1, -0.05) is 48.5 Å². The fraction of sp³-hybridized carbons (Fsp3) is 0. The third-order valence-electron chi connectivity index (χ3n) is 2.76. The maximum absolute atomic E-state index is 9.05. The Morgan fingerprint density at radius 2 is 1.47 bits per heavy atom. The molecule has 0 amide bonds. The molecular weight excluding hydrogens is 210 g/mol. The third-order valence-corrected chi connectivity index (χ3v) is 2.76. The highest BCUT2D eigenvalue weighted by Crippen LogP contribution is 2.33. The molecule has 0 spiro atoms. The summed E-state index contributed by atoms with van der Waals surface area (Å²) in [7, 11) is 0. The molecule has 0 saturated heterocycles. The van der Waals surface area contributed by atoms with E-state index in [0.717, 1.165) is 22.1 Å². The maximum Gasteiger partial charge on any atom is 0.212 e. The minimum absolute atomic E-state index is 0.374. The van der Waals surface area contributed by atoms with Gasteiger partial charge in [-0.2, -0.15) is 5.26 Å². The van der Waals surface area contributed by atoms with E-state index in [9.17, 15) is 0 Å². The van der Waals surface area contributed by atoms with Crippen molar-refractivity contribution in [1.82, 2.24) is 0 Å². The fourth-order valence-electron chi connectivity index (χ4n) is 1.98. The minimum atomic E-state index is 0.374. The van der Waals surface area contributed by atoms with Crippen LogP contribution in [0.2, 0.25) is 0 Å². The SMILES string of the molecule is N#Cc1oc(-c2ccccc2)c2ccccc12. The van der Waals surface area contributed by atoms with Gasteiger partial charge in [0, 0.05) is 16.3 Å². The Balaban J connectivity index is 2.35. The lowest BCUT2D eigenvalue weighted by atomic mass is 10.1. The van der Waals surface area contributed by atoms with Crippen molar-refractivity contribution in [3.8, 4) is 17.4 Å². The van der Waals surface area contributed by atoms with Crippen molar-refractivity contribution in [2.45, 2.75) is 0 Å². The zero-order chi connectivity index (χ0) is 11.7. The zero-order valence-corrected chi connectivity index (χ0v) is 9.05. The first-order chi connectivity index (χ1) is 8.40. The molecule has 0 bridgehead atoms. The van der Waals surface area contributed by atoms with Crippen LogP contribution < -0.4 is 0 Å². The topological polar surface area (TPSA) is 36.9 Å². The van der Waals surface area contributed by atoms with Gasteiger partial charge in [0.15, 0.2) is 0 Å². The van der Waals surface area contributed by atoms with Crippen LogP contribution >= 0.6 is 0 Å². The van der Waals surface area contributed by atoms with E-state index in [0.29, 0.717) is 5.76 Å². The Bertz CT molecular complexity index is 705. The first kappa shape index (κ1) is 9.68. The van der Waals surface area contributed by atoms with Crippen molar-refractivity contribution in [1.29, 1.82) is 5.26 Å². The average molecular weight is 219 g/mol. The first-order valence-corrected chi connectivity index (χ1v) is 5.37. The molecule has 0 aliphatic heterocycles. The predicted octanol–water partition coefficient (Wildman–Crippen LogP) is 3.97. The quantitative estimate of drug-likeness (QED) is 0.620. The van der Waals surface area contributed by atoms with Gasteiger partial charge in [0.2, 0.25) is 5.76 Å². The second kappa shape index (κ2) is 3.80. The number of nitriles is 1. The largest absolute Gasteiger partial charge is 0.444 e. The molecule has 0 saturated carbocycles. The van der Waals surface area contributed by atoms with Crippen LogP contribution in [-0.2, 0) is 0 Å². The number of rotatable bonds is 1. The molecule has 3 rings (SSSR count). The van der Waals surface area contributed by atoms with Gasteiger partial charge in [-0.25, -0.2) is 0 Å². The van der Waals surface area contributed by atoms with E-state index in [-0.39, 0.29) is 0 Å². The van der Waals surface area contributed by atoms with Gasteiger partial charge in [0.05, 0.1) is 0 Å². The number of hydrogen-bond donors (Lipinski definition) is 0. The number of hydrogen-bond acceptors (Lipinski definition) is 2. The van der Waals surface area contributed by atoms with Crippen LogP contribution in [0.3, 0.4) is 0 Å². The molecule has 0 unspecified atom stereocenters. The second-order valence-corrected chi connectivity index (χ2v) is 3.78. The Morgan fingerprint density at radius 1 is 0.824 bits per heavy atom. The fourth-order valence-corrected chi connectivity index (χ4v) is 1.98. The van der Waals surface area contributed by atoms with Crippen molar-refractivity contribution < 1.29 is 4.42 Å². The molecule has 2 heteroatoms. The lowest BCUT2D eigenvalue weighted by Crippen LogP contribution is -1.73. The molecule has 17 heavy (non-hydrogen) atoms. The van der Waals surface area contributed by atoms with Gasteiger partial charge in [-0.15, -0.1) is 0 Å². The average Bonchev–Trinajstić information content (AvgIpc) is 2.78. The van der Waals surface area contributed by atoms with Gasteiger partial charge >= 0.3 is 0 Å². The summed E-state index contributed by atoms with van der Waals surface area (Å²) in [5.74, 6) is 1.14. The molecule has 3 aromatic rings. The van der Waals surface area contributed by atoms with Gasteiger partial charge in [0.25, 0.3) is 0 Å². The number of furan rings is 1. The molecule has 80 valence electrons. The summed E-state index contributed by atoms with van der Waals surface area (Å²) < 4.78 is 5.64. The minimum Gasteiger partial charge on any atom is -0.444 e. The summed E-state index contributed by atoms with van der Waals surface area (Å²) in [5.41, 5.74) is 0.991. The molecular formula is C15H9NO.